The summed E-state index contributed by atoms with van der Waals surface area (Å²) in [5.41, 5.74) is 6.11. The van der Waals surface area contributed by atoms with E-state index in [1.54, 1.807) is 7.11 Å². The molecule has 0 fully saturated rings. The van der Waals surface area contributed by atoms with Crippen molar-refractivity contribution >= 4 is 0 Å². The van der Waals surface area contributed by atoms with Crippen LogP contribution in [0, 0.1) is 5.92 Å². The first-order valence-corrected chi connectivity index (χ1v) is 6.60. The number of likely N-dealkylation sites (N-methyl/N-ethyl adjacent to an activating group) is 1. The van der Waals surface area contributed by atoms with E-state index in [9.17, 15) is 0 Å². The highest BCUT2D eigenvalue weighted by Crippen LogP contribution is 2.06. The van der Waals surface area contributed by atoms with Gasteiger partial charge in [0.25, 0.3) is 0 Å². The fourth-order valence-electron chi connectivity index (χ4n) is 1.82. The van der Waals surface area contributed by atoms with Gasteiger partial charge in [0, 0.05) is 32.8 Å². The molecule has 0 saturated heterocycles. The molecule has 0 aliphatic carbocycles. The molecule has 0 rings (SSSR count). The molecule has 0 saturated carbocycles. The van der Waals surface area contributed by atoms with Crippen LogP contribution in [-0.2, 0) is 4.74 Å². The molecule has 0 aromatic heterocycles. The molecule has 16 heavy (non-hydrogen) atoms. The first kappa shape index (κ1) is 15.9. The zero-order chi connectivity index (χ0) is 12.4. The lowest BCUT2D eigenvalue weighted by Crippen LogP contribution is -2.39. The summed E-state index contributed by atoms with van der Waals surface area (Å²) in [6, 6.07) is 0.291. The van der Waals surface area contributed by atoms with E-state index in [1.165, 1.54) is 13.0 Å². The molecule has 2 unspecified atom stereocenters. The maximum absolute atomic E-state index is 6.11. The number of methoxy groups -OCH3 is 1. The van der Waals surface area contributed by atoms with Crippen LogP contribution in [0.3, 0.4) is 0 Å². The van der Waals surface area contributed by atoms with Gasteiger partial charge in [0.15, 0.2) is 0 Å². The third-order valence-corrected chi connectivity index (χ3v) is 3.13. The van der Waals surface area contributed by atoms with Crippen LogP contribution < -0.4 is 5.73 Å². The van der Waals surface area contributed by atoms with Gasteiger partial charge in [0.05, 0.1) is 0 Å². The summed E-state index contributed by atoms with van der Waals surface area (Å²) >= 11 is 0. The van der Waals surface area contributed by atoms with Crippen LogP contribution in [0.15, 0.2) is 0 Å². The van der Waals surface area contributed by atoms with Crippen molar-refractivity contribution in [1.29, 1.82) is 0 Å². The van der Waals surface area contributed by atoms with Gasteiger partial charge in [-0.05, 0) is 25.3 Å². The molecule has 0 heterocycles. The fourth-order valence-corrected chi connectivity index (χ4v) is 1.82. The van der Waals surface area contributed by atoms with Gasteiger partial charge < -0.3 is 15.4 Å². The number of hydrogen-bond acceptors (Lipinski definition) is 3. The third kappa shape index (κ3) is 8.08. The second kappa shape index (κ2) is 10.1. The van der Waals surface area contributed by atoms with Crippen LogP contribution in [0.2, 0.25) is 0 Å². The average molecular weight is 230 g/mol. The Kier molecular flexibility index (Phi) is 9.99. The zero-order valence-electron chi connectivity index (χ0n) is 11.5. The SMILES string of the molecule is CCC(C)CN(CC)CC(N)CCCOC. The quantitative estimate of drug-likeness (QED) is 0.584. The number of ether oxygens (including phenoxy) is 1. The van der Waals surface area contributed by atoms with Gasteiger partial charge in [-0.2, -0.15) is 0 Å². The Morgan fingerprint density at radius 1 is 1.25 bits per heavy atom. The van der Waals surface area contributed by atoms with Crippen molar-refractivity contribution in [2.24, 2.45) is 11.7 Å². The maximum atomic E-state index is 6.11. The van der Waals surface area contributed by atoms with E-state index in [2.05, 4.69) is 25.7 Å². The van der Waals surface area contributed by atoms with E-state index in [4.69, 9.17) is 10.5 Å². The second-order valence-electron chi connectivity index (χ2n) is 4.76. The zero-order valence-corrected chi connectivity index (χ0v) is 11.5. The molecule has 98 valence electrons. The van der Waals surface area contributed by atoms with E-state index in [1.807, 2.05) is 0 Å². The molecule has 0 bridgehead atoms. The first-order chi connectivity index (χ1) is 7.63. The summed E-state index contributed by atoms with van der Waals surface area (Å²) in [6.07, 6.45) is 3.37. The molecule has 0 aromatic rings. The lowest BCUT2D eigenvalue weighted by molar-refractivity contribution is 0.182. The normalized spacial score (nSPS) is 15.4. The van der Waals surface area contributed by atoms with Crippen molar-refractivity contribution in [3.8, 4) is 0 Å². The summed E-state index contributed by atoms with van der Waals surface area (Å²) in [4.78, 5) is 2.46. The highest BCUT2D eigenvalue weighted by Gasteiger charge is 2.11. The Labute approximate surface area is 101 Å². The molecule has 0 aromatic carbocycles. The standard InChI is InChI=1S/C13H30N2O/c1-5-12(3)10-15(6-2)11-13(14)8-7-9-16-4/h12-13H,5-11,14H2,1-4H3. The first-order valence-electron chi connectivity index (χ1n) is 6.60. The van der Waals surface area contributed by atoms with Gasteiger partial charge in [-0.3, -0.25) is 0 Å². The van der Waals surface area contributed by atoms with Crippen LogP contribution in [0.4, 0.5) is 0 Å². The Bertz CT molecular complexity index is 153. The number of hydrogen-bond donors (Lipinski definition) is 1. The minimum Gasteiger partial charge on any atom is -0.385 e. The number of rotatable bonds is 10. The van der Waals surface area contributed by atoms with Gasteiger partial charge in [-0.25, -0.2) is 0 Å². The molecular weight excluding hydrogens is 200 g/mol. The topological polar surface area (TPSA) is 38.5 Å². The third-order valence-electron chi connectivity index (χ3n) is 3.13. The molecule has 0 aliphatic rings. The summed E-state index contributed by atoms with van der Waals surface area (Å²) < 4.78 is 5.04. The van der Waals surface area contributed by atoms with Gasteiger partial charge in [0.1, 0.15) is 0 Å². The molecule has 3 nitrogen and oxygen atoms in total. The van der Waals surface area contributed by atoms with E-state index >= 15 is 0 Å². The summed E-state index contributed by atoms with van der Waals surface area (Å²) in [6.45, 7) is 10.9. The molecule has 2 atom stereocenters. The van der Waals surface area contributed by atoms with Crippen molar-refractivity contribution in [3.05, 3.63) is 0 Å². The van der Waals surface area contributed by atoms with Crippen LogP contribution in [0.1, 0.15) is 40.0 Å². The van der Waals surface area contributed by atoms with Crippen molar-refractivity contribution in [2.45, 2.75) is 46.1 Å². The van der Waals surface area contributed by atoms with Crippen LogP contribution in [0.25, 0.3) is 0 Å². The van der Waals surface area contributed by atoms with Gasteiger partial charge in [0.2, 0.25) is 0 Å². The molecule has 0 spiro atoms. The number of nitrogens with two attached hydrogens (primary N) is 1. The summed E-state index contributed by atoms with van der Waals surface area (Å²) in [5, 5.41) is 0. The molecular formula is C13H30N2O. The van der Waals surface area contributed by atoms with Crippen LogP contribution in [0.5, 0.6) is 0 Å². The van der Waals surface area contributed by atoms with E-state index < -0.39 is 0 Å². The molecule has 2 N–H and O–H groups in total. The monoisotopic (exact) mass is 230 g/mol. The van der Waals surface area contributed by atoms with Crippen molar-refractivity contribution < 1.29 is 4.74 Å². The minimum atomic E-state index is 0.291. The highest BCUT2D eigenvalue weighted by atomic mass is 16.5. The highest BCUT2D eigenvalue weighted by molar-refractivity contribution is 4.69. The summed E-state index contributed by atoms with van der Waals surface area (Å²) in [5.74, 6) is 0.770. The maximum Gasteiger partial charge on any atom is 0.0462 e. The van der Waals surface area contributed by atoms with E-state index in [0.717, 1.165) is 38.5 Å². The van der Waals surface area contributed by atoms with Crippen molar-refractivity contribution in [2.75, 3.05) is 33.4 Å². The lowest BCUT2D eigenvalue weighted by atomic mass is 10.1. The van der Waals surface area contributed by atoms with Gasteiger partial charge >= 0.3 is 0 Å². The Hall–Kier alpha value is -0.120. The van der Waals surface area contributed by atoms with E-state index in [-0.39, 0.29) is 0 Å². The molecule has 0 radical (unpaired) electrons. The fraction of sp³-hybridized carbons (Fsp3) is 1.00. The average Bonchev–Trinajstić information content (AvgIpc) is 2.28. The molecule has 0 amide bonds. The Morgan fingerprint density at radius 2 is 1.94 bits per heavy atom. The molecule has 0 aliphatic heterocycles. The second-order valence-corrected chi connectivity index (χ2v) is 4.76. The van der Waals surface area contributed by atoms with Crippen LogP contribution >= 0.6 is 0 Å². The Balaban J connectivity index is 3.73. The number of nitrogens with zero attached hydrogens (tertiary/aromatic N) is 1. The smallest absolute Gasteiger partial charge is 0.0462 e. The van der Waals surface area contributed by atoms with E-state index in [0.29, 0.717) is 6.04 Å². The van der Waals surface area contributed by atoms with Gasteiger partial charge in [-0.15, -0.1) is 0 Å². The minimum absolute atomic E-state index is 0.291. The lowest BCUT2D eigenvalue weighted by Gasteiger charge is -2.26. The van der Waals surface area contributed by atoms with Crippen molar-refractivity contribution in [3.63, 3.8) is 0 Å². The summed E-state index contributed by atoms with van der Waals surface area (Å²) in [7, 11) is 1.74. The van der Waals surface area contributed by atoms with Crippen molar-refractivity contribution in [1.82, 2.24) is 4.90 Å². The van der Waals surface area contributed by atoms with Crippen LogP contribution in [-0.4, -0.2) is 44.3 Å². The Morgan fingerprint density at radius 3 is 2.44 bits per heavy atom. The predicted octanol–water partition coefficient (Wildman–Crippen LogP) is 2.11. The van der Waals surface area contributed by atoms with Gasteiger partial charge in [-0.1, -0.05) is 27.2 Å². The predicted molar refractivity (Wildman–Crippen MR) is 70.7 cm³/mol. The largest absolute Gasteiger partial charge is 0.385 e. The molecule has 3 heteroatoms.